The Balaban J connectivity index is 2.38. The Morgan fingerprint density at radius 3 is 2.79 bits per heavy atom. The maximum Gasteiger partial charge on any atom is 0.230 e. The molecule has 0 bridgehead atoms. The number of oxime groups is 1. The molecule has 7 heteroatoms. The summed E-state index contributed by atoms with van der Waals surface area (Å²) in [6, 6.07) is 8.04. The molecule has 2 rings (SSSR count). The molecule has 0 spiro atoms. The lowest BCUT2D eigenvalue weighted by Gasteiger charge is -2.10. The zero-order chi connectivity index (χ0) is 13.8. The summed E-state index contributed by atoms with van der Waals surface area (Å²) >= 11 is 11.8. The lowest BCUT2D eigenvalue weighted by Crippen LogP contribution is -2.14. The lowest BCUT2D eigenvalue weighted by atomic mass is 10.2. The van der Waals surface area contributed by atoms with E-state index >= 15 is 0 Å². The first kappa shape index (κ1) is 13.5. The molecule has 0 atom stereocenters. The van der Waals surface area contributed by atoms with Crippen LogP contribution < -0.4 is 10.5 Å². The van der Waals surface area contributed by atoms with Crippen LogP contribution in [0.1, 0.15) is 5.56 Å². The number of rotatable bonds is 3. The summed E-state index contributed by atoms with van der Waals surface area (Å²) in [7, 11) is 0. The number of nitrogens with two attached hydrogens (primary N) is 1. The molecule has 0 aliphatic rings. The number of pyridine rings is 1. The average molecular weight is 298 g/mol. The first-order chi connectivity index (χ1) is 9.11. The summed E-state index contributed by atoms with van der Waals surface area (Å²) in [6.07, 6.45) is 1.52. The summed E-state index contributed by atoms with van der Waals surface area (Å²) in [5.41, 5.74) is 5.89. The third-order valence-electron chi connectivity index (χ3n) is 2.26. The van der Waals surface area contributed by atoms with Gasteiger partial charge in [-0.3, -0.25) is 0 Å². The van der Waals surface area contributed by atoms with E-state index in [-0.39, 0.29) is 11.7 Å². The van der Waals surface area contributed by atoms with Gasteiger partial charge in [0, 0.05) is 11.2 Å². The van der Waals surface area contributed by atoms with E-state index in [0.717, 1.165) is 0 Å². The summed E-state index contributed by atoms with van der Waals surface area (Å²) in [5.74, 6) is 0.451. The van der Waals surface area contributed by atoms with Gasteiger partial charge in [-0.1, -0.05) is 28.4 Å². The van der Waals surface area contributed by atoms with Gasteiger partial charge in [0.05, 0.1) is 10.6 Å². The van der Waals surface area contributed by atoms with Gasteiger partial charge in [-0.2, -0.15) is 0 Å². The predicted molar refractivity (Wildman–Crippen MR) is 73.3 cm³/mol. The van der Waals surface area contributed by atoms with Gasteiger partial charge in [-0.05, 0) is 30.3 Å². The van der Waals surface area contributed by atoms with E-state index < -0.39 is 0 Å². The number of amidine groups is 1. The van der Waals surface area contributed by atoms with Crippen LogP contribution in [-0.2, 0) is 0 Å². The van der Waals surface area contributed by atoms with Crippen LogP contribution in [0.25, 0.3) is 0 Å². The average Bonchev–Trinajstić information content (AvgIpc) is 2.41. The van der Waals surface area contributed by atoms with Crippen molar-refractivity contribution in [2.75, 3.05) is 0 Å². The van der Waals surface area contributed by atoms with Gasteiger partial charge < -0.3 is 15.7 Å². The third-order valence-corrected chi connectivity index (χ3v) is 2.79. The van der Waals surface area contributed by atoms with Gasteiger partial charge >= 0.3 is 0 Å². The van der Waals surface area contributed by atoms with Crippen molar-refractivity contribution in [1.82, 2.24) is 4.98 Å². The molecule has 0 unspecified atom stereocenters. The molecule has 0 saturated carbocycles. The van der Waals surface area contributed by atoms with Crippen molar-refractivity contribution in [3.63, 3.8) is 0 Å². The second-order valence-corrected chi connectivity index (χ2v) is 4.36. The van der Waals surface area contributed by atoms with E-state index in [9.17, 15) is 0 Å². The zero-order valence-electron chi connectivity index (χ0n) is 9.55. The Kier molecular flexibility index (Phi) is 4.09. The van der Waals surface area contributed by atoms with Crippen molar-refractivity contribution in [3.05, 3.63) is 52.1 Å². The third kappa shape index (κ3) is 3.07. The van der Waals surface area contributed by atoms with E-state index in [1.165, 1.54) is 6.20 Å². The summed E-state index contributed by atoms with van der Waals surface area (Å²) in [4.78, 5) is 4.02. The molecule has 2 aromatic rings. The van der Waals surface area contributed by atoms with Crippen LogP contribution in [0.15, 0.2) is 41.7 Å². The molecule has 1 aromatic heterocycles. The van der Waals surface area contributed by atoms with Crippen LogP contribution in [0.3, 0.4) is 0 Å². The molecule has 98 valence electrons. The number of ether oxygens (including phenoxy) is 1. The molecule has 5 nitrogen and oxygen atoms in total. The van der Waals surface area contributed by atoms with Crippen molar-refractivity contribution >= 4 is 29.0 Å². The highest BCUT2D eigenvalue weighted by Gasteiger charge is 2.12. The minimum absolute atomic E-state index is 0.104. The Morgan fingerprint density at radius 1 is 1.32 bits per heavy atom. The normalized spacial score (nSPS) is 11.4. The fraction of sp³-hybridized carbons (Fsp3) is 0. The molecule has 0 aliphatic carbocycles. The number of aromatic nitrogens is 1. The largest absolute Gasteiger partial charge is 0.437 e. The van der Waals surface area contributed by atoms with Crippen LogP contribution in [0.5, 0.6) is 11.6 Å². The van der Waals surface area contributed by atoms with Gasteiger partial charge in [0.25, 0.3) is 0 Å². The number of nitrogens with zero attached hydrogens (tertiary/aromatic N) is 2. The van der Waals surface area contributed by atoms with Crippen LogP contribution in [0.2, 0.25) is 10.0 Å². The molecular formula is C12H9Cl2N3O2. The van der Waals surface area contributed by atoms with Gasteiger partial charge in [0.1, 0.15) is 5.75 Å². The van der Waals surface area contributed by atoms with Crippen LogP contribution in [0.4, 0.5) is 0 Å². The lowest BCUT2D eigenvalue weighted by molar-refractivity contribution is 0.318. The number of hydrogen-bond donors (Lipinski definition) is 2. The number of halogens is 2. The minimum atomic E-state index is -0.104. The Labute approximate surface area is 119 Å². The van der Waals surface area contributed by atoms with Crippen LogP contribution in [0, 0.1) is 0 Å². The van der Waals surface area contributed by atoms with Crippen molar-refractivity contribution in [3.8, 4) is 11.6 Å². The molecule has 0 aliphatic heterocycles. The first-order valence-electron chi connectivity index (χ1n) is 5.17. The molecule has 0 fully saturated rings. The molecule has 3 N–H and O–H groups in total. The smallest absolute Gasteiger partial charge is 0.230 e. The van der Waals surface area contributed by atoms with E-state index in [0.29, 0.717) is 21.4 Å². The zero-order valence-corrected chi connectivity index (χ0v) is 11.1. The van der Waals surface area contributed by atoms with Gasteiger partial charge in [-0.25, -0.2) is 4.98 Å². The molecule has 19 heavy (non-hydrogen) atoms. The highest BCUT2D eigenvalue weighted by molar-refractivity contribution is 6.35. The standard InChI is InChI=1S/C12H9Cl2N3O2/c13-7-3-4-10(9(14)6-7)19-12-8(11(15)17-18)2-1-5-16-12/h1-6,18H,(H2,15,17). The van der Waals surface area contributed by atoms with E-state index in [1.54, 1.807) is 30.3 Å². The van der Waals surface area contributed by atoms with Crippen molar-refractivity contribution < 1.29 is 9.94 Å². The second-order valence-electron chi connectivity index (χ2n) is 3.52. The molecule has 1 aromatic carbocycles. The number of hydrogen-bond acceptors (Lipinski definition) is 4. The topological polar surface area (TPSA) is 80.7 Å². The highest BCUT2D eigenvalue weighted by atomic mass is 35.5. The highest BCUT2D eigenvalue weighted by Crippen LogP contribution is 2.31. The predicted octanol–water partition coefficient (Wildman–Crippen LogP) is 3.28. The van der Waals surface area contributed by atoms with Gasteiger partial charge in [-0.15, -0.1) is 0 Å². The quantitative estimate of drug-likeness (QED) is 0.394. The second kappa shape index (κ2) is 5.77. The fourth-order valence-electron chi connectivity index (χ4n) is 1.38. The fourth-order valence-corrected chi connectivity index (χ4v) is 1.83. The molecule has 0 radical (unpaired) electrons. The molecular weight excluding hydrogens is 289 g/mol. The Bertz CT molecular complexity index is 632. The molecule has 0 amide bonds. The first-order valence-corrected chi connectivity index (χ1v) is 5.93. The van der Waals surface area contributed by atoms with Crippen molar-refractivity contribution in [2.24, 2.45) is 10.9 Å². The maximum absolute atomic E-state index is 8.71. The van der Waals surface area contributed by atoms with E-state index in [1.807, 2.05) is 0 Å². The number of benzene rings is 1. The molecule has 0 saturated heterocycles. The van der Waals surface area contributed by atoms with Gasteiger partial charge in [0.2, 0.25) is 5.88 Å². The maximum atomic E-state index is 8.71. The Morgan fingerprint density at radius 2 is 2.11 bits per heavy atom. The van der Waals surface area contributed by atoms with Crippen LogP contribution >= 0.6 is 23.2 Å². The Hall–Kier alpha value is -1.98. The van der Waals surface area contributed by atoms with Crippen LogP contribution in [-0.4, -0.2) is 16.0 Å². The van der Waals surface area contributed by atoms with Gasteiger partial charge in [0.15, 0.2) is 5.84 Å². The monoisotopic (exact) mass is 297 g/mol. The summed E-state index contributed by atoms with van der Waals surface area (Å²) in [6.45, 7) is 0. The summed E-state index contributed by atoms with van der Waals surface area (Å²) in [5, 5.41) is 12.5. The molecule has 1 heterocycles. The van der Waals surface area contributed by atoms with E-state index in [4.69, 9.17) is 38.9 Å². The minimum Gasteiger partial charge on any atom is -0.437 e. The van der Waals surface area contributed by atoms with E-state index in [2.05, 4.69) is 10.1 Å². The van der Waals surface area contributed by atoms with Crippen molar-refractivity contribution in [1.29, 1.82) is 0 Å². The SMILES string of the molecule is N/C(=N\O)c1cccnc1Oc1ccc(Cl)cc1Cl. The summed E-state index contributed by atoms with van der Waals surface area (Å²) < 4.78 is 5.54. The van der Waals surface area contributed by atoms with Crippen molar-refractivity contribution in [2.45, 2.75) is 0 Å².